The molecule has 2 aliphatic rings. The van der Waals surface area contributed by atoms with Gasteiger partial charge in [0.1, 0.15) is 0 Å². The lowest BCUT2D eigenvalue weighted by atomic mass is 9.97. The molecule has 1 amide bonds. The van der Waals surface area contributed by atoms with Gasteiger partial charge in [-0.15, -0.1) is 0 Å². The van der Waals surface area contributed by atoms with Gasteiger partial charge in [-0.3, -0.25) is 9.47 Å². The molecular formula is C26H37N7O5S. The Morgan fingerprint density at radius 1 is 1.18 bits per heavy atom. The highest BCUT2D eigenvalue weighted by Crippen LogP contribution is 2.36. The molecule has 13 heteroatoms. The average Bonchev–Trinajstić information content (AvgIpc) is 3.50. The molecule has 0 radical (unpaired) electrons. The summed E-state index contributed by atoms with van der Waals surface area (Å²) < 4.78 is 31.1. The lowest BCUT2D eigenvalue weighted by Crippen LogP contribution is -2.54. The Morgan fingerprint density at radius 2 is 1.82 bits per heavy atom. The molecular weight excluding hydrogens is 522 g/mol. The Hall–Kier alpha value is -3.00. The standard InChI is InChI=1S/C26H37N7O5S/c1-17(2)32-22-7-5-6-8-23(22)33(26(32)36)25(35)28-18-11-19-9-10-20(12-18)31(19)14-21(34)13-30(4)39(37,38)24-15-29(3)16-27-24/h5-8,15-21,34H,9-14H2,1-4H3,(H,28,35). The maximum atomic E-state index is 13.3. The van der Waals surface area contributed by atoms with E-state index in [0.29, 0.717) is 24.9 Å². The molecule has 0 aliphatic carbocycles. The zero-order valence-corrected chi connectivity index (χ0v) is 23.6. The molecule has 212 valence electrons. The molecule has 2 N–H and O–H groups in total. The first-order valence-corrected chi connectivity index (χ1v) is 14.8. The first-order chi connectivity index (χ1) is 18.5. The van der Waals surface area contributed by atoms with Gasteiger partial charge in [-0.2, -0.15) is 4.31 Å². The van der Waals surface area contributed by atoms with Crippen LogP contribution in [0.1, 0.15) is 45.6 Å². The van der Waals surface area contributed by atoms with Gasteiger partial charge in [-0.1, -0.05) is 12.1 Å². The van der Waals surface area contributed by atoms with Gasteiger partial charge in [0.2, 0.25) is 0 Å². The van der Waals surface area contributed by atoms with Gasteiger partial charge in [-0.25, -0.2) is 27.6 Å². The minimum Gasteiger partial charge on any atom is -0.390 e. The third-order valence-electron chi connectivity index (χ3n) is 7.96. The van der Waals surface area contributed by atoms with E-state index in [2.05, 4.69) is 15.2 Å². The van der Waals surface area contributed by atoms with Crippen molar-refractivity contribution >= 4 is 27.1 Å². The zero-order chi connectivity index (χ0) is 28.1. The number of nitrogens with zero attached hydrogens (tertiary/aromatic N) is 6. The van der Waals surface area contributed by atoms with Crippen molar-refractivity contribution in [1.82, 2.24) is 33.2 Å². The van der Waals surface area contributed by atoms with Crippen LogP contribution in [0.4, 0.5) is 4.79 Å². The molecule has 2 aliphatic heterocycles. The Balaban J connectivity index is 1.22. The zero-order valence-electron chi connectivity index (χ0n) is 22.8. The number of rotatable bonds is 8. The number of fused-ring (bicyclic) bond motifs is 3. The second-order valence-corrected chi connectivity index (χ2v) is 13.1. The molecule has 3 unspecified atom stereocenters. The molecule has 3 aromatic rings. The Bertz CT molecular complexity index is 1510. The van der Waals surface area contributed by atoms with Crippen molar-refractivity contribution in [2.24, 2.45) is 7.05 Å². The molecule has 12 nitrogen and oxygen atoms in total. The number of benzene rings is 1. The maximum absolute atomic E-state index is 13.3. The number of sulfonamides is 1. The number of para-hydroxylation sites is 2. The van der Waals surface area contributed by atoms with Crippen molar-refractivity contribution in [3.05, 3.63) is 47.3 Å². The molecule has 2 fully saturated rings. The number of likely N-dealkylation sites (N-methyl/N-ethyl adjacent to an activating group) is 1. The highest BCUT2D eigenvalue weighted by molar-refractivity contribution is 7.89. The summed E-state index contributed by atoms with van der Waals surface area (Å²) in [5, 5.41) is 13.8. The minimum absolute atomic E-state index is 0.0438. The van der Waals surface area contributed by atoms with Crippen molar-refractivity contribution in [1.29, 1.82) is 0 Å². The van der Waals surface area contributed by atoms with E-state index in [1.54, 1.807) is 22.2 Å². The van der Waals surface area contributed by atoms with Crippen molar-refractivity contribution < 1.29 is 18.3 Å². The fourth-order valence-electron chi connectivity index (χ4n) is 6.17. The van der Waals surface area contributed by atoms with Crippen LogP contribution < -0.4 is 11.0 Å². The van der Waals surface area contributed by atoms with Crippen molar-refractivity contribution in [3.8, 4) is 0 Å². The number of aryl methyl sites for hydroxylation is 1. The SMILES string of the molecule is CC(C)n1c(=O)n(C(=O)NC2CC3CCC(C2)N3CC(O)CN(C)S(=O)(=O)c2cn(C)cn2)c2ccccc21. The fourth-order valence-corrected chi connectivity index (χ4v) is 7.34. The van der Waals surface area contributed by atoms with Crippen LogP contribution in [0.3, 0.4) is 0 Å². The highest BCUT2D eigenvalue weighted by atomic mass is 32.2. The van der Waals surface area contributed by atoms with E-state index >= 15 is 0 Å². The number of nitrogens with one attached hydrogen (secondary N) is 1. The van der Waals surface area contributed by atoms with Crippen LogP contribution in [-0.4, -0.2) is 91.8 Å². The third kappa shape index (κ3) is 5.15. The van der Waals surface area contributed by atoms with E-state index in [4.69, 9.17) is 0 Å². The summed E-state index contributed by atoms with van der Waals surface area (Å²) in [6, 6.07) is 7.04. The first kappa shape index (κ1) is 27.6. The normalized spacial score (nSPS) is 22.7. The van der Waals surface area contributed by atoms with Crippen molar-refractivity contribution in [2.75, 3.05) is 20.1 Å². The number of carbonyl (C=O) groups excluding carboxylic acids is 1. The van der Waals surface area contributed by atoms with Crippen LogP contribution in [0.5, 0.6) is 0 Å². The Kier molecular flexibility index (Phi) is 7.44. The van der Waals surface area contributed by atoms with Crippen LogP contribution in [0.15, 0.2) is 46.6 Å². The van der Waals surface area contributed by atoms with Crippen LogP contribution >= 0.6 is 0 Å². The smallest absolute Gasteiger partial charge is 0.337 e. The van der Waals surface area contributed by atoms with Crippen LogP contribution in [0.2, 0.25) is 0 Å². The molecule has 4 heterocycles. The molecule has 39 heavy (non-hydrogen) atoms. The van der Waals surface area contributed by atoms with E-state index in [1.165, 1.54) is 24.1 Å². The lowest BCUT2D eigenvalue weighted by molar-refractivity contribution is 0.0472. The van der Waals surface area contributed by atoms with Gasteiger partial charge in [0.15, 0.2) is 5.03 Å². The number of aliphatic hydroxyl groups is 1. The first-order valence-electron chi connectivity index (χ1n) is 13.4. The third-order valence-corrected chi connectivity index (χ3v) is 9.67. The van der Waals surface area contributed by atoms with E-state index in [-0.39, 0.29) is 41.4 Å². The van der Waals surface area contributed by atoms with Gasteiger partial charge in [-0.05, 0) is 51.7 Å². The van der Waals surface area contributed by atoms with Gasteiger partial charge in [0.25, 0.3) is 10.0 Å². The predicted octanol–water partition coefficient (Wildman–Crippen LogP) is 1.35. The molecule has 0 spiro atoms. The number of amides is 1. The monoisotopic (exact) mass is 559 g/mol. The van der Waals surface area contributed by atoms with E-state index in [1.807, 2.05) is 32.0 Å². The quantitative estimate of drug-likeness (QED) is 0.425. The summed E-state index contributed by atoms with van der Waals surface area (Å²) in [7, 11) is -0.646. The number of aliphatic hydroxyl groups excluding tert-OH is 1. The molecule has 2 saturated heterocycles. The summed E-state index contributed by atoms with van der Waals surface area (Å²) >= 11 is 0. The van der Waals surface area contributed by atoms with Crippen LogP contribution in [-0.2, 0) is 17.1 Å². The van der Waals surface area contributed by atoms with Gasteiger partial charge in [0.05, 0.1) is 23.5 Å². The van der Waals surface area contributed by atoms with Crippen molar-refractivity contribution in [3.63, 3.8) is 0 Å². The number of hydrogen-bond acceptors (Lipinski definition) is 7. The van der Waals surface area contributed by atoms with E-state index in [9.17, 15) is 23.1 Å². The molecule has 2 bridgehead atoms. The largest absolute Gasteiger partial charge is 0.390 e. The van der Waals surface area contributed by atoms with Gasteiger partial charge >= 0.3 is 11.7 Å². The summed E-state index contributed by atoms with van der Waals surface area (Å²) in [5.74, 6) is 0. The topological polar surface area (TPSA) is 135 Å². The van der Waals surface area contributed by atoms with Gasteiger partial charge < -0.3 is 15.0 Å². The predicted molar refractivity (Wildman–Crippen MR) is 146 cm³/mol. The maximum Gasteiger partial charge on any atom is 0.337 e. The molecule has 5 rings (SSSR count). The van der Waals surface area contributed by atoms with Crippen molar-refractivity contribution in [2.45, 2.75) is 74.8 Å². The lowest BCUT2D eigenvalue weighted by Gasteiger charge is -2.40. The molecule has 2 aromatic heterocycles. The number of hydrogen-bond donors (Lipinski definition) is 2. The molecule has 0 saturated carbocycles. The number of piperidine rings is 1. The van der Waals surface area contributed by atoms with E-state index < -0.39 is 22.2 Å². The summed E-state index contributed by atoms with van der Waals surface area (Å²) in [6.07, 6.45) is 5.28. The number of carbonyl (C=O) groups is 1. The number of imidazole rings is 2. The average molecular weight is 560 g/mol. The fraction of sp³-hybridized carbons (Fsp3) is 0.577. The van der Waals surface area contributed by atoms with Crippen LogP contribution in [0.25, 0.3) is 11.0 Å². The Morgan fingerprint density at radius 3 is 2.41 bits per heavy atom. The second-order valence-electron chi connectivity index (χ2n) is 11.1. The summed E-state index contributed by atoms with van der Waals surface area (Å²) in [4.78, 5) is 32.7. The second kappa shape index (κ2) is 10.5. The minimum atomic E-state index is -3.79. The highest BCUT2D eigenvalue weighted by Gasteiger charge is 2.42. The number of aromatic nitrogens is 4. The van der Waals surface area contributed by atoms with E-state index in [0.717, 1.165) is 22.7 Å². The summed E-state index contributed by atoms with van der Waals surface area (Å²) in [5.41, 5.74) is 0.963. The summed E-state index contributed by atoms with van der Waals surface area (Å²) in [6.45, 7) is 4.14. The van der Waals surface area contributed by atoms with Crippen LogP contribution in [0, 0.1) is 0 Å². The Labute approximate surface area is 227 Å². The molecule has 3 atom stereocenters. The van der Waals surface area contributed by atoms with Gasteiger partial charge in [0, 0.05) is 57.5 Å². The molecule has 1 aromatic carbocycles.